The molecule has 1 aromatic rings. The van der Waals surface area contributed by atoms with Crippen LogP contribution >= 0.6 is 0 Å². The monoisotopic (exact) mass is 237 g/mol. The van der Waals surface area contributed by atoms with Crippen LogP contribution in [-0.2, 0) is 16.1 Å². The standard InChI is InChI=1S/C12H19N3O2/c1-2-4-13-12-7-14-10(6-15-12)8-17-11-3-5-16-9-11/h6-7,11H,2-5,8-9H2,1H3,(H,13,15). The van der Waals surface area contributed by atoms with E-state index in [4.69, 9.17) is 9.47 Å². The van der Waals surface area contributed by atoms with Crippen molar-refractivity contribution >= 4 is 5.82 Å². The zero-order valence-corrected chi connectivity index (χ0v) is 10.2. The summed E-state index contributed by atoms with van der Waals surface area (Å²) in [5.41, 5.74) is 0.860. The highest BCUT2D eigenvalue weighted by Gasteiger charge is 2.15. The third-order valence-electron chi connectivity index (χ3n) is 2.62. The number of ether oxygens (including phenoxy) is 2. The molecule has 1 atom stereocenters. The summed E-state index contributed by atoms with van der Waals surface area (Å²) in [7, 11) is 0. The van der Waals surface area contributed by atoms with E-state index >= 15 is 0 Å². The fourth-order valence-electron chi connectivity index (χ4n) is 1.62. The van der Waals surface area contributed by atoms with Crippen LogP contribution in [0.25, 0.3) is 0 Å². The summed E-state index contributed by atoms with van der Waals surface area (Å²) in [5.74, 6) is 0.819. The Morgan fingerprint density at radius 1 is 1.47 bits per heavy atom. The van der Waals surface area contributed by atoms with Crippen molar-refractivity contribution in [1.82, 2.24) is 9.97 Å². The SMILES string of the molecule is CCCNc1cnc(COC2CCOC2)cn1. The highest BCUT2D eigenvalue weighted by Crippen LogP contribution is 2.10. The van der Waals surface area contributed by atoms with E-state index in [1.807, 2.05) is 0 Å². The van der Waals surface area contributed by atoms with E-state index in [2.05, 4.69) is 22.2 Å². The molecule has 0 amide bonds. The predicted octanol–water partition coefficient (Wildman–Crippen LogP) is 1.60. The third kappa shape index (κ3) is 3.94. The molecule has 1 aliphatic rings. The number of hydrogen-bond acceptors (Lipinski definition) is 5. The molecule has 0 spiro atoms. The average molecular weight is 237 g/mol. The van der Waals surface area contributed by atoms with Gasteiger partial charge in [0.15, 0.2) is 0 Å². The van der Waals surface area contributed by atoms with Gasteiger partial charge in [0.05, 0.1) is 37.4 Å². The summed E-state index contributed by atoms with van der Waals surface area (Å²) < 4.78 is 10.9. The van der Waals surface area contributed by atoms with Crippen LogP contribution < -0.4 is 5.32 Å². The topological polar surface area (TPSA) is 56.3 Å². The lowest BCUT2D eigenvalue weighted by molar-refractivity contribution is 0.0300. The Morgan fingerprint density at radius 3 is 3.06 bits per heavy atom. The molecule has 1 N–H and O–H groups in total. The van der Waals surface area contributed by atoms with Gasteiger partial charge in [-0.05, 0) is 12.8 Å². The second-order valence-electron chi connectivity index (χ2n) is 4.12. The number of anilines is 1. The van der Waals surface area contributed by atoms with Gasteiger partial charge in [-0.25, -0.2) is 4.98 Å². The first-order chi connectivity index (χ1) is 8.38. The summed E-state index contributed by atoms with van der Waals surface area (Å²) in [6, 6.07) is 0. The molecule has 2 rings (SSSR count). The van der Waals surface area contributed by atoms with Gasteiger partial charge in [-0.2, -0.15) is 0 Å². The normalized spacial score (nSPS) is 19.5. The molecule has 0 radical (unpaired) electrons. The van der Waals surface area contributed by atoms with Gasteiger partial charge in [-0.1, -0.05) is 6.92 Å². The van der Waals surface area contributed by atoms with Gasteiger partial charge in [0.2, 0.25) is 0 Å². The lowest BCUT2D eigenvalue weighted by Crippen LogP contribution is -2.12. The molecule has 5 heteroatoms. The number of hydrogen-bond donors (Lipinski definition) is 1. The summed E-state index contributed by atoms with van der Waals surface area (Å²) in [5, 5.41) is 3.18. The predicted molar refractivity (Wildman–Crippen MR) is 64.8 cm³/mol. The van der Waals surface area contributed by atoms with E-state index in [0.29, 0.717) is 13.2 Å². The molecule has 1 aliphatic heterocycles. The largest absolute Gasteiger partial charge is 0.379 e. The van der Waals surface area contributed by atoms with Crippen molar-refractivity contribution in [3.05, 3.63) is 18.1 Å². The Balaban J connectivity index is 1.76. The lowest BCUT2D eigenvalue weighted by atomic mass is 10.3. The van der Waals surface area contributed by atoms with Crippen LogP contribution in [0.1, 0.15) is 25.5 Å². The third-order valence-corrected chi connectivity index (χ3v) is 2.62. The number of nitrogens with one attached hydrogen (secondary N) is 1. The average Bonchev–Trinajstić information content (AvgIpc) is 2.88. The van der Waals surface area contributed by atoms with Gasteiger partial charge in [0, 0.05) is 13.2 Å². The first-order valence-electron chi connectivity index (χ1n) is 6.12. The van der Waals surface area contributed by atoms with Crippen molar-refractivity contribution in [1.29, 1.82) is 0 Å². The maximum absolute atomic E-state index is 5.66. The number of nitrogens with zero attached hydrogens (tertiary/aromatic N) is 2. The Hall–Kier alpha value is -1.20. The van der Waals surface area contributed by atoms with Crippen molar-refractivity contribution in [3.8, 4) is 0 Å². The van der Waals surface area contributed by atoms with Gasteiger partial charge in [0.25, 0.3) is 0 Å². The second-order valence-corrected chi connectivity index (χ2v) is 4.12. The van der Waals surface area contributed by atoms with E-state index in [1.165, 1.54) is 0 Å². The fourth-order valence-corrected chi connectivity index (χ4v) is 1.62. The first-order valence-corrected chi connectivity index (χ1v) is 6.12. The van der Waals surface area contributed by atoms with E-state index in [0.717, 1.165) is 37.5 Å². The number of rotatable bonds is 6. The molecule has 94 valence electrons. The maximum atomic E-state index is 5.66. The van der Waals surface area contributed by atoms with E-state index in [-0.39, 0.29) is 6.10 Å². The van der Waals surface area contributed by atoms with Crippen LogP contribution in [0.5, 0.6) is 0 Å². The molecule has 0 saturated carbocycles. The van der Waals surface area contributed by atoms with Crippen LogP contribution in [-0.4, -0.2) is 35.8 Å². The molecular weight excluding hydrogens is 218 g/mol. The fraction of sp³-hybridized carbons (Fsp3) is 0.667. The second kappa shape index (κ2) is 6.51. The van der Waals surface area contributed by atoms with E-state index < -0.39 is 0 Å². The summed E-state index contributed by atoms with van der Waals surface area (Å²) in [6.07, 6.45) is 5.78. The van der Waals surface area contributed by atoms with Crippen molar-refractivity contribution in [3.63, 3.8) is 0 Å². The van der Waals surface area contributed by atoms with Crippen molar-refractivity contribution in [2.24, 2.45) is 0 Å². The highest BCUT2D eigenvalue weighted by atomic mass is 16.5. The smallest absolute Gasteiger partial charge is 0.144 e. The molecule has 1 unspecified atom stereocenters. The molecule has 5 nitrogen and oxygen atoms in total. The first kappa shape index (κ1) is 12.3. The molecule has 17 heavy (non-hydrogen) atoms. The van der Waals surface area contributed by atoms with Crippen LogP contribution in [0.2, 0.25) is 0 Å². The van der Waals surface area contributed by atoms with Gasteiger partial charge < -0.3 is 14.8 Å². The minimum absolute atomic E-state index is 0.217. The summed E-state index contributed by atoms with van der Waals surface area (Å²) in [6.45, 7) is 5.05. The molecule has 0 aromatic carbocycles. The summed E-state index contributed by atoms with van der Waals surface area (Å²) >= 11 is 0. The van der Waals surface area contributed by atoms with E-state index in [9.17, 15) is 0 Å². The zero-order valence-electron chi connectivity index (χ0n) is 10.2. The summed E-state index contributed by atoms with van der Waals surface area (Å²) in [4.78, 5) is 8.58. The van der Waals surface area contributed by atoms with E-state index in [1.54, 1.807) is 12.4 Å². The Labute approximate surface area is 102 Å². The van der Waals surface area contributed by atoms with Gasteiger partial charge in [-0.3, -0.25) is 4.98 Å². The molecule has 1 saturated heterocycles. The van der Waals surface area contributed by atoms with Crippen molar-refractivity contribution < 1.29 is 9.47 Å². The van der Waals surface area contributed by atoms with Crippen LogP contribution in [0.4, 0.5) is 5.82 Å². The van der Waals surface area contributed by atoms with Gasteiger partial charge in [0.1, 0.15) is 5.82 Å². The molecule has 1 aromatic heterocycles. The quantitative estimate of drug-likeness (QED) is 0.814. The highest BCUT2D eigenvalue weighted by molar-refractivity contribution is 5.30. The lowest BCUT2D eigenvalue weighted by Gasteiger charge is -2.09. The van der Waals surface area contributed by atoms with Gasteiger partial charge in [-0.15, -0.1) is 0 Å². The van der Waals surface area contributed by atoms with Gasteiger partial charge >= 0.3 is 0 Å². The Bertz CT molecular complexity index is 323. The minimum Gasteiger partial charge on any atom is -0.379 e. The molecule has 2 heterocycles. The van der Waals surface area contributed by atoms with Crippen LogP contribution in [0, 0.1) is 0 Å². The Morgan fingerprint density at radius 2 is 2.41 bits per heavy atom. The minimum atomic E-state index is 0.217. The van der Waals surface area contributed by atoms with Crippen LogP contribution in [0.15, 0.2) is 12.4 Å². The molecule has 0 bridgehead atoms. The maximum Gasteiger partial charge on any atom is 0.144 e. The molecule has 0 aliphatic carbocycles. The zero-order chi connectivity index (χ0) is 11.9. The molecule has 1 fully saturated rings. The molecular formula is C12H19N3O2. The number of aromatic nitrogens is 2. The Kier molecular flexibility index (Phi) is 4.70. The van der Waals surface area contributed by atoms with Crippen molar-refractivity contribution in [2.45, 2.75) is 32.5 Å². The van der Waals surface area contributed by atoms with Crippen molar-refractivity contribution in [2.75, 3.05) is 25.1 Å². The van der Waals surface area contributed by atoms with Crippen LogP contribution in [0.3, 0.4) is 0 Å².